The summed E-state index contributed by atoms with van der Waals surface area (Å²) < 4.78 is 13.7. The van der Waals surface area contributed by atoms with E-state index < -0.39 is 0 Å². The summed E-state index contributed by atoms with van der Waals surface area (Å²) in [6.45, 7) is 0. The Bertz CT molecular complexity index is 2870. The molecule has 0 fully saturated rings. The minimum absolute atomic E-state index is 0.887. The zero-order valence-electron chi connectivity index (χ0n) is 21.2. The largest absolute Gasteiger partial charge is 0.453 e. The molecular weight excluding hydrogens is 490 g/mol. The molecule has 4 heteroatoms. The molecule has 0 aliphatic heterocycles. The first-order valence-electron chi connectivity index (χ1n) is 13.7. The maximum atomic E-state index is 6.38. The Labute approximate surface area is 225 Å². The van der Waals surface area contributed by atoms with Crippen LogP contribution in [0.1, 0.15) is 0 Å². The number of aromatic nitrogens is 3. The summed E-state index contributed by atoms with van der Waals surface area (Å²) in [7, 11) is 0. The Morgan fingerprint density at radius 1 is 0.325 bits per heavy atom. The van der Waals surface area contributed by atoms with Crippen LogP contribution in [0.5, 0.6) is 0 Å². The molecule has 0 atom stereocenters. The highest BCUT2D eigenvalue weighted by molar-refractivity contribution is 6.25. The van der Waals surface area contributed by atoms with E-state index in [2.05, 4.69) is 122 Å². The summed E-state index contributed by atoms with van der Waals surface area (Å²) in [5.74, 6) is 0. The molecule has 0 amide bonds. The van der Waals surface area contributed by atoms with Crippen molar-refractivity contribution in [2.75, 3.05) is 0 Å². The Morgan fingerprint density at radius 3 is 1.60 bits per heavy atom. The molecule has 0 radical (unpaired) electrons. The molecule has 0 spiro atoms. The van der Waals surface area contributed by atoms with E-state index in [1.165, 1.54) is 70.9 Å². The maximum absolute atomic E-state index is 6.38. The van der Waals surface area contributed by atoms with Crippen molar-refractivity contribution in [2.45, 2.75) is 0 Å². The molecule has 5 heterocycles. The average molecular weight is 510 g/mol. The Kier molecular flexibility index (Phi) is 3.12. The van der Waals surface area contributed by atoms with E-state index >= 15 is 0 Å². The minimum Gasteiger partial charge on any atom is -0.453 e. The summed E-state index contributed by atoms with van der Waals surface area (Å²) in [5, 5.41) is 7.60. The molecule has 184 valence electrons. The van der Waals surface area contributed by atoms with Gasteiger partial charge in [0.05, 0.1) is 49.7 Å². The normalized spacial score (nSPS) is 13.0. The van der Waals surface area contributed by atoms with Crippen molar-refractivity contribution in [3.8, 4) is 0 Å². The number of hydrogen-bond acceptors (Lipinski definition) is 1. The van der Waals surface area contributed by atoms with Crippen LogP contribution >= 0.6 is 0 Å². The van der Waals surface area contributed by atoms with Gasteiger partial charge in [0.1, 0.15) is 0 Å². The zero-order chi connectivity index (χ0) is 25.7. The number of rotatable bonds is 0. The monoisotopic (exact) mass is 509 g/mol. The van der Waals surface area contributed by atoms with Gasteiger partial charge in [0.2, 0.25) is 0 Å². The van der Waals surface area contributed by atoms with Crippen molar-refractivity contribution >= 4 is 93.1 Å². The van der Waals surface area contributed by atoms with Crippen LogP contribution in [0.15, 0.2) is 120 Å². The minimum atomic E-state index is 0.887. The predicted octanol–water partition coefficient (Wildman–Crippen LogP) is 9.55. The lowest BCUT2D eigenvalue weighted by Gasteiger charge is -2.11. The molecule has 0 unspecified atom stereocenters. The predicted molar refractivity (Wildman–Crippen MR) is 165 cm³/mol. The van der Waals surface area contributed by atoms with Crippen LogP contribution in [0.4, 0.5) is 0 Å². The molecule has 4 nitrogen and oxygen atoms in total. The summed E-state index contributed by atoms with van der Waals surface area (Å²) >= 11 is 0. The molecular formula is C36H19N3O. The van der Waals surface area contributed by atoms with Gasteiger partial charge < -0.3 is 17.6 Å². The number of benzene rings is 6. The SMILES string of the molecule is c1ccc2c(c1)oc1cccc3c4cc5c6cccc7c6n(c5cc4n2c13)c1cccc2c3ccccc3n7c21. The van der Waals surface area contributed by atoms with Crippen molar-refractivity contribution in [3.05, 3.63) is 115 Å². The van der Waals surface area contributed by atoms with Gasteiger partial charge in [-0.1, -0.05) is 66.7 Å². The molecule has 5 aromatic heterocycles. The number of para-hydroxylation sites is 6. The lowest BCUT2D eigenvalue weighted by atomic mass is 10.1. The van der Waals surface area contributed by atoms with E-state index in [0.29, 0.717) is 0 Å². The molecule has 0 saturated carbocycles. The molecule has 40 heavy (non-hydrogen) atoms. The van der Waals surface area contributed by atoms with E-state index in [0.717, 1.165) is 22.2 Å². The molecule has 11 aromatic rings. The molecule has 11 rings (SSSR count). The second-order valence-electron chi connectivity index (χ2n) is 11.0. The summed E-state index contributed by atoms with van der Waals surface area (Å²) in [5.41, 5.74) is 12.7. The van der Waals surface area contributed by atoms with Crippen LogP contribution in [0.25, 0.3) is 93.1 Å². The van der Waals surface area contributed by atoms with E-state index in [1.54, 1.807) is 0 Å². The smallest absolute Gasteiger partial charge is 0.152 e. The fourth-order valence-electron chi connectivity index (χ4n) is 7.61. The second kappa shape index (κ2) is 6.38. The van der Waals surface area contributed by atoms with Crippen LogP contribution in [0.2, 0.25) is 0 Å². The third-order valence-electron chi connectivity index (χ3n) is 9.12. The standard InChI is InChI=1S/C36H19N3O/c1-2-12-26-20(8-1)21-9-5-15-29-34(21)37(26)28-14-6-10-22-24-18-25-23-11-7-17-33-36(23)38(27-13-3-4-16-32(27)40-33)30(25)19-31(24)39(29)35(22)28/h1-19H. The first kappa shape index (κ1) is 19.6. The van der Waals surface area contributed by atoms with Crippen LogP contribution in [0, 0.1) is 0 Å². The lowest BCUT2D eigenvalue weighted by molar-refractivity contribution is 0.656. The fourth-order valence-corrected chi connectivity index (χ4v) is 7.61. The first-order valence-corrected chi connectivity index (χ1v) is 13.7. The zero-order valence-corrected chi connectivity index (χ0v) is 21.2. The summed E-state index contributed by atoms with van der Waals surface area (Å²) in [6.07, 6.45) is 0. The maximum Gasteiger partial charge on any atom is 0.152 e. The van der Waals surface area contributed by atoms with Gasteiger partial charge >= 0.3 is 0 Å². The molecule has 0 aliphatic carbocycles. The van der Waals surface area contributed by atoms with Gasteiger partial charge in [-0.15, -0.1) is 0 Å². The number of fused-ring (bicyclic) bond motifs is 13. The van der Waals surface area contributed by atoms with E-state index in [4.69, 9.17) is 4.42 Å². The van der Waals surface area contributed by atoms with Crippen molar-refractivity contribution in [2.24, 2.45) is 0 Å². The van der Waals surface area contributed by atoms with Crippen molar-refractivity contribution in [3.63, 3.8) is 0 Å². The third-order valence-corrected chi connectivity index (χ3v) is 9.12. The van der Waals surface area contributed by atoms with E-state index in [9.17, 15) is 0 Å². The van der Waals surface area contributed by atoms with Gasteiger partial charge in [-0.2, -0.15) is 0 Å². The lowest BCUT2D eigenvalue weighted by Crippen LogP contribution is -1.96. The van der Waals surface area contributed by atoms with Crippen molar-refractivity contribution < 1.29 is 4.42 Å². The summed E-state index contributed by atoms with van der Waals surface area (Å²) in [4.78, 5) is 0. The van der Waals surface area contributed by atoms with Crippen molar-refractivity contribution in [1.82, 2.24) is 13.2 Å². The van der Waals surface area contributed by atoms with Gasteiger partial charge in [0.15, 0.2) is 11.2 Å². The summed E-state index contributed by atoms with van der Waals surface area (Å²) in [6, 6.07) is 41.8. The number of nitrogens with zero attached hydrogens (tertiary/aromatic N) is 3. The van der Waals surface area contributed by atoms with Crippen molar-refractivity contribution in [1.29, 1.82) is 0 Å². The average Bonchev–Trinajstić information content (AvgIpc) is 3.64. The highest BCUT2D eigenvalue weighted by Crippen LogP contribution is 2.43. The molecule has 6 aromatic carbocycles. The second-order valence-corrected chi connectivity index (χ2v) is 11.0. The van der Waals surface area contributed by atoms with Crippen LogP contribution < -0.4 is 0 Å². The van der Waals surface area contributed by atoms with Gasteiger partial charge in [-0.3, -0.25) is 0 Å². The third kappa shape index (κ3) is 2.02. The van der Waals surface area contributed by atoms with Gasteiger partial charge in [0.25, 0.3) is 0 Å². The van der Waals surface area contributed by atoms with Crippen LogP contribution in [0.3, 0.4) is 0 Å². The number of hydrogen-bond donors (Lipinski definition) is 0. The Hall–Kier alpha value is -5.48. The highest BCUT2D eigenvalue weighted by Gasteiger charge is 2.22. The van der Waals surface area contributed by atoms with Gasteiger partial charge in [0, 0.05) is 32.3 Å². The van der Waals surface area contributed by atoms with Crippen LogP contribution in [-0.4, -0.2) is 13.2 Å². The highest BCUT2D eigenvalue weighted by atomic mass is 16.3. The van der Waals surface area contributed by atoms with Gasteiger partial charge in [-0.25, -0.2) is 0 Å². The topological polar surface area (TPSA) is 26.4 Å². The van der Waals surface area contributed by atoms with E-state index in [1.807, 2.05) is 6.07 Å². The van der Waals surface area contributed by atoms with Gasteiger partial charge in [-0.05, 0) is 48.5 Å². The quantitative estimate of drug-likeness (QED) is 0.187. The molecule has 0 aliphatic rings. The molecule has 0 bridgehead atoms. The van der Waals surface area contributed by atoms with Crippen LogP contribution in [-0.2, 0) is 0 Å². The Balaban J connectivity index is 1.48. The fraction of sp³-hybridized carbons (Fsp3) is 0. The Morgan fingerprint density at radius 2 is 0.825 bits per heavy atom. The molecule has 0 saturated heterocycles. The molecule has 0 N–H and O–H groups in total. The first-order chi connectivity index (χ1) is 19.9. The van der Waals surface area contributed by atoms with E-state index in [-0.39, 0.29) is 0 Å².